The van der Waals surface area contributed by atoms with Gasteiger partial charge in [-0.05, 0) is 35.9 Å². The fourth-order valence-corrected chi connectivity index (χ4v) is 4.88. The summed E-state index contributed by atoms with van der Waals surface area (Å²) in [6, 6.07) is 14.3. The van der Waals surface area contributed by atoms with Crippen molar-refractivity contribution in [3.63, 3.8) is 0 Å². The number of anilines is 4. The summed E-state index contributed by atoms with van der Waals surface area (Å²) in [4.78, 5) is 11.1. The SMILES string of the molecule is CN(c1ccccc1Cn1ccc2cnc(Nc3ccc(N4CCNCC4)c(F)c3)nc21)S(C)(=O)=O. The second-order valence-corrected chi connectivity index (χ2v) is 10.8. The number of hydrogen-bond donors (Lipinski definition) is 2. The largest absolute Gasteiger partial charge is 0.367 e. The smallest absolute Gasteiger partial charge is 0.232 e. The third kappa shape index (κ3) is 4.98. The summed E-state index contributed by atoms with van der Waals surface area (Å²) in [5.41, 5.74) is 3.27. The van der Waals surface area contributed by atoms with Gasteiger partial charge < -0.3 is 20.1 Å². The number of halogens is 1. The van der Waals surface area contributed by atoms with Gasteiger partial charge in [-0.1, -0.05) is 18.2 Å². The average Bonchev–Trinajstić information content (AvgIpc) is 3.26. The fourth-order valence-electron chi connectivity index (χ4n) is 4.35. The molecule has 5 rings (SSSR count). The molecule has 1 aliphatic heterocycles. The molecule has 0 radical (unpaired) electrons. The van der Waals surface area contributed by atoms with E-state index in [0.717, 1.165) is 37.1 Å². The molecule has 36 heavy (non-hydrogen) atoms. The summed E-state index contributed by atoms with van der Waals surface area (Å²) < 4.78 is 42.3. The lowest BCUT2D eigenvalue weighted by atomic mass is 10.2. The molecule has 0 spiro atoms. The zero-order valence-electron chi connectivity index (χ0n) is 20.1. The molecule has 11 heteroatoms. The van der Waals surface area contributed by atoms with Crippen molar-refractivity contribution in [2.24, 2.45) is 0 Å². The van der Waals surface area contributed by atoms with Crippen molar-refractivity contribution in [3.8, 4) is 0 Å². The van der Waals surface area contributed by atoms with Crippen LogP contribution < -0.4 is 19.8 Å². The summed E-state index contributed by atoms with van der Waals surface area (Å²) in [6.07, 6.45) is 4.78. The maximum atomic E-state index is 14.8. The predicted octanol–water partition coefficient (Wildman–Crippen LogP) is 3.17. The Morgan fingerprint density at radius 3 is 2.67 bits per heavy atom. The number of rotatable bonds is 7. The number of para-hydroxylation sites is 1. The van der Waals surface area contributed by atoms with E-state index in [1.54, 1.807) is 25.4 Å². The molecule has 4 aromatic rings. The van der Waals surface area contributed by atoms with Crippen LogP contribution in [0.2, 0.25) is 0 Å². The number of nitrogens with one attached hydrogen (secondary N) is 2. The zero-order valence-corrected chi connectivity index (χ0v) is 21.0. The van der Waals surface area contributed by atoms with Gasteiger partial charge in [0.1, 0.15) is 11.5 Å². The quantitative estimate of drug-likeness (QED) is 0.395. The van der Waals surface area contributed by atoms with Crippen molar-refractivity contribution in [2.75, 3.05) is 54.0 Å². The van der Waals surface area contributed by atoms with Crippen molar-refractivity contribution < 1.29 is 12.8 Å². The molecule has 0 amide bonds. The Balaban J connectivity index is 1.40. The third-order valence-electron chi connectivity index (χ3n) is 6.33. The molecule has 3 heterocycles. The second kappa shape index (κ2) is 9.75. The molecule has 0 aliphatic carbocycles. The maximum Gasteiger partial charge on any atom is 0.232 e. The van der Waals surface area contributed by atoms with Gasteiger partial charge in [0.2, 0.25) is 16.0 Å². The highest BCUT2D eigenvalue weighted by Gasteiger charge is 2.17. The summed E-state index contributed by atoms with van der Waals surface area (Å²) in [7, 11) is -1.86. The number of piperazine rings is 1. The van der Waals surface area contributed by atoms with Crippen LogP contribution in [0, 0.1) is 5.82 Å². The van der Waals surface area contributed by atoms with E-state index in [1.165, 1.54) is 16.6 Å². The number of hydrogen-bond acceptors (Lipinski definition) is 7. The van der Waals surface area contributed by atoms with E-state index in [9.17, 15) is 12.8 Å². The molecule has 2 aromatic carbocycles. The minimum Gasteiger partial charge on any atom is -0.367 e. The minimum absolute atomic E-state index is 0.294. The number of aromatic nitrogens is 3. The highest BCUT2D eigenvalue weighted by atomic mass is 32.2. The number of nitrogens with zero attached hydrogens (tertiary/aromatic N) is 5. The van der Waals surface area contributed by atoms with Crippen LogP contribution >= 0.6 is 0 Å². The van der Waals surface area contributed by atoms with Gasteiger partial charge in [-0.2, -0.15) is 4.98 Å². The first-order chi connectivity index (χ1) is 17.3. The monoisotopic (exact) mass is 509 g/mol. The van der Waals surface area contributed by atoms with E-state index in [-0.39, 0.29) is 5.82 Å². The highest BCUT2D eigenvalue weighted by molar-refractivity contribution is 7.92. The molecule has 1 aliphatic rings. The van der Waals surface area contributed by atoms with Gasteiger partial charge in [-0.3, -0.25) is 4.31 Å². The van der Waals surface area contributed by atoms with E-state index in [1.807, 2.05) is 46.0 Å². The van der Waals surface area contributed by atoms with Crippen LogP contribution in [0.15, 0.2) is 60.9 Å². The molecule has 188 valence electrons. The van der Waals surface area contributed by atoms with Crippen molar-refractivity contribution in [2.45, 2.75) is 6.54 Å². The molecule has 0 atom stereocenters. The third-order valence-corrected chi connectivity index (χ3v) is 7.52. The lowest BCUT2D eigenvalue weighted by Crippen LogP contribution is -2.43. The van der Waals surface area contributed by atoms with Crippen LogP contribution in [0.5, 0.6) is 0 Å². The lowest BCUT2D eigenvalue weighted by molar-refractivity contribution is 0.566. The van der Waals surface area contributed by atoms with Crippen LogP contribution in [0.25, 0.3) is 11.0 Å². The predicted molar refractivity (Wildman–Crippen MR) is 141 cm³/mol. The maximum absolute atomic E-state index is 14.8. The molecule has 2 N–H and O–H groups in total. The molecule has 2 aromatic heterocycles. The van der Waals surface area contributed by atoms with Crippen molar-refractivity contribution in [1.82, 2.24) is 19.9 Å². The Morgan fingerprint density at radius 2 is 1.92 bits per heavy atom. The summed E-state index contributed by atoms with van der Waals surface area (Å²) in [6.45, 7) is 3.63. The topological polar surface area (TPSA) is 95.4 Å². The molecule has 1 fully saturated rings. The van der Waals surface area contributed by atoms with E-state index in [4.69, 9.17) is 0 Å². The van der Waals surface area contributed by atoms with Gasteiger partial charge >= 0.3 is 0 Å². The van der Waals surface area contributed by atoms with Crippen LogP contribution in [-0.4, -0.2) is 62.4 Å². The molecule has 1 saturated heterocycles. The molecular formula is C25H28FN7O2S. The highest BCUT2D eigenvalue weighted by Crippen LogP contribution is 2.27. The Hall–Kier alpha value is -3.70. The number of fused-ring (bicyclic) bond motifs is 1. The Bertz CT molecular complexity index is 1500. The van der Waals surface area contributed by atoms with E-state index < -0.39 is 10.0 Å². The zero-order chi connectivity index (χ0) is 25.3. The van der Waals surface area contributed by atoms with Gasteiger partial charge in [0.25, 0.3) is 0 Å². The van der Waals surface area contributed by atoms with Gasteiger partial charge in [-0.15, -0.1) is 0 Å². The molecule has 0 saturated carbocycles. The van der Waals surface area contributed by atoms with Crippen LogP contribution in [0.3, 0.4) is 0 Å². The normalized spacial score (nSPS) is 14.2. The van der Waals surface area contributed by atoms with Crippen molar-refractivity contribution in [1.29, 1.82) is 0 Å². The average molecular weight is 510 g/mol. The Kier molecular flexibility index (Phi) is 6.50. The van der Waals surface area contributed by atoms with Gasteiger partial charge in [0, 0.05) is 56.7 Å². The van der Waals surface area contributed by atoms with E-state index >= 15 is 0 Å². The first-order valence-corrected chi connectivity index (χ1v) is 13.5. The van der Waals surface area contributed by atoms with Gasteiger partial charge in [-0.25, -0.2) is 17.8 Å². The Morgan fingerprint density at radius 1 is 1.14 bits per heavy atom. The first kappa shape index (κ1) is 24.0. The van der Waals surface area contributed by atoms with Crippen LogP contribution in [-0.2, 0) is 16.6 Å². The van der Waals surface area contributed by atoms with E-state index in [0.29, 0.717) is 35.2 Å². The molecular weight excluding hydrogens is 481 g/mol. The second-order valence-electron chi connectivity index (χ2n) is 8.80. The molecule has 0 unspecified atom stereocenters. The van der Waals surface area contributed by atoms with Crippen molar-refractivity contribution in [3.05, 3.63) is 72.3 Å². The van der Waals surface area contributed by atoms with Crippen LogP contribution in [0.4, 0.5) is 27.4 Å². The number of benzene rings is 2. The fraction of sp³-hybridized carbons (Fsp3) is 0.280. The van der Waals surface area contributed by atoms with E-state index in [2.05, 4.69) is 20.6 Å². The van der Waals surface area contributed by atoms with Crippen LogP contribution in [0.1, 0.15) is 5.56 Å². The van der Waals surface area contributed by atoms with Gasteiger partial charge in [0.15, 0.2) is 0 Å². The minimum atomic E-state index is -3.40. The number of sulfonamides is 1. The standard InChI is InChI=1S/C25H28FN7O2S/c1-31(36(2,34)35)22-6-4-3-5-19(22)17-33-12-9-18-16-28-25(30-24(18)33)29-20-7-8-23(21(26)15-20)32-13-10-27-11-14-32/h3-9,12,15-16,27H,10-11,13-14,17H2,1-2H3,(H,28,29,30). The molecule has 0 bridgehead atoms. The lowest BCUT2D eigenvalue weighted by Gasteiger charge is -2.29. The molecule has 9 nitrogen and oxygen atoms in total. The summed E-state index contributed by atoms with van der Waals surface area (Å²) >= 11 is 0. The summed E-state index contributed by atoms with van der Waals surface area (Å²) in [5.74, 6) is 0.0521. The van der Waals surface area contributed by atoms with Gasteiger partial charge in [0.05, 0.1) is 24.2 Å². The Labute approximate surface area is 209 Å². The first-order valence-electron chi connectivity index (χ1n) is 11.7. The summed E-state index contributed by atoms with van der Waals surface area (Å²) in [5, 5.41) is 7.22. The van der Waals surface area contributed by atoms with Crippen molar-refractivity contribution >= 4 is 44.1 Å².